The molecule has 1 aromatic heterocycles. The molecule has 0 aliphatic carbocycles. The maximum Gasteiger partial charge on any atom is 0.345 e. The summed E-state index contributed by atoms with van der Waals surface area (Å²) in [5, 5.41) is 9.24. The molecular formula is C18H22FN3O3. The van der Waals surface area contributed by atoms with E-state index in [0.717, 1.165) is 5.56 Å². The minimum absolute atomic E-state index is 0.0370. The number of aromatic amines is 1. The van der Waals surface area contributed by atoms with Crippen molar-refractivity contribution in [1.29, 1.82) is 0 Å². The van der Waals surface area contributed by atoms with Crippen molar-refractivity contribution in [2.75, 3.05) is 13.2 Å². The van der Waals surface area contributed by atoms with E-state index < -0.39 is 11.6 Å². The van der Waals surface area contributed by atoms with Gasteiger partial charge in [0.1, 0.15) is 11.5 Å². The van der Waals surface area contributed by atoms with Crippen LogP contribution in [0, 0.1) is 11.7 Å². The van der Waals surface area contributed by atoms with Gasteiger partial charge in [-0.05, 0) is 36.1 Å². The summed E-state index contributed by atoms with van der Waals surface area (Å²) >= 11 is 0. The summed E-state index contributed by atoms with van der Waals surface area (Å²) in [6.45, 7) is 4.06. The zero-order chi connectivity index (χ0) is 18.4. The zero-order valence-electron chi connectivity index (χ0n) is 14.3. The number of amides is 1. The summed E-state index contributed by atoms with van der Waals surface area (Å²) in [7, 11) is 0. The van der Waals surface area contributed by atoms with Crippen molar-refractivity contribution in [1.82, 2.24) is 14.9 Å². The number of benzene rings is 1. The Labute approximate surface area is 145 Å². The molecule has 0 saturated heterocycles. The van der Waals surface area contributed by atoms with Gasteiger partial charge in [0.15, 0.2) is 0 Å². The fourth-order valence-electron chi connectivity index (χ4n) is 2.51. The van der Waals surface area contributed by atoms with Gasteiger partial charge in [0.25, 0.3) is 5.91 Å². The fourth-order valence-corrected chi connectivity index (χ4v) is 2.51. The van der Waals surface area contributed by atoms with Crippen molar-refractivity contribution < 1.29 is 14.3 Å². The van der Waals surface area contributed by atoms with Crippen LogP contribution in [0.2, 0.25) is 0 Å². The largest absolute Gasteiger partial charge is 0.395 e. The Hall–Kier alpha value is -2.54. The van der Waals surface area contributed by atoms with E-state index in [0.29, 0.717) is 18.0 Å². The van der Waals surface area contributed by atoms with Crippen molar-refractivity contribution in [2.24, 2.45) is 5.92 Å². The van der Waals surface area contributed by atoms with Crippen LogP contribution in [-0.4, -0.2) is 39.0 Å². The summed E-state index contributed by atoms with van der Waals surface area (Å²) in [6.07, 6.45) is 0.621. The molecule has 25 heavy (non-hydrogen) atoms. The highest BCUT2D eigenvalue weighted by Gasteiger charge is 2.19. The number of carbonyl (C=O) groups excluding carboxylic acids is 1. The van der Waals surface area contributed by atoms with E-state index >= 15 is 0 Å². The quantitative estimate of drug-likeness (QED) is 0.799. The van der Waals surface area contributed by atoms with Crippen LogP contribution >= 0.6 is 0 Å². The van der Waals surface area contributed by atoms with Crippen LogP contribution in [-0.2, 0) is 13.0 Å². The maximum atomic E-state index is 13.0. The molecular weight excluding hydrogens is 325 g/mol. The van der Waals surface area contributed by atoms with Crippen molar-refractivity contribution in [2.45, 2.75) is 26.8 Å². The zero-order valence-corrected chi connectivity index (χ0v) is 14.3. The maximum absolute atomic E-state index is 13.0. The molecule has 0 unspecified atom stereocenters. The Morgan fingerprint density at radius 1 is 1.32 bits per heavy atom. The van der Waals surface area contributed by atoms with Crippen molar-refractivity contribution in [3.8, 4) is 0 Å². The average molecular weight is 347 g/mol. The van der Waals surface area contributed by atoms with Gasteiger partial charge in [-0.2, -0.15) is 4.98 Å². The first-order chi connectivity index (χ1) is 11.9. The Kier molecular flexibility index (Phi) is 6.41. The van der Waals surface area contributed by atoms with Crippen LogP contribution in [0.1, 0.15) is 35.6 Å². The second-order valence-electron chi connectivity index (χ2n) is 6.27. The molecule has 2 aromatic rings. The monoisotopic (exact) mass is 347 g/mol. The van der Waals surface area contributed by atoms with Gasteiger partial charge >= 0.3 is 5.69 Å². The molecule has 0 aliphatic heterocycles. The second-order valence-corrected chi connectivity index (χ2v) is 6.27. The lowest BCUT2D eigenvalue weighted by Gasteiger charge is -2.21. The fraction of sp³-hybridized carbons (Fsp3) is 0.389. The minimum atomic E-state index is -0.577. The number of hydrogen-bond acceptors (Lipinski definition) is 4. The third-order valence-corrected chi connectivity index (χ3v) is 3.59. The lowest BCUT2D eigenvalue weighted by molar-refractivity contribution is 0.0701. The topological polar surface area (TPSA) is 86.3 Å². The van der Waals surface area contributed by atoms with Crippen LogP contribution in [0.5, 0.6) is 0 Å². The smallest absolute Gasteiger partial charge is 0.345 e. The van der Waals surface area contributed by atoms with Gasteiger partial charge in [-0.15, -0.1) is 0 Å². The number of nitrogens with zero attached hydrogens (tertiary/aromatic N) is 2. The molecule has 0 aliphatic rings. The van der Waals surface area contributed by atoms with E-state index in [1.807, 2.05) is 13.8 Å². The number of aromatic nitrogens is 2. The average Bonchev–Trinajstić information content (AvgIpc) is 2.54. The number of aliphatic hydroxyl groups is 1. The Balaban J connectivity index is 2.25. The number of halogens is 1. The molecule has 2 rings (SSSR count). The van der Waals surface area contributed by atoms with E-state index in [4.69, 9.17) is 0 Å². The first-order valence-electron chi connectivity index (χ1n) is 8.14. The molecule has 0 spiro atoms. The van der Waals surface area contributed by atoms with Crippen molar-refractivity contribution in [3.63, 3.8) is 0 Å². The third-order valence-electron chi connectivity index (χ3n) is 3.59. The van der Waals surface area contributed by atoms with E-state index in [-0.39, 0.29) is 31.2 Å². The normalized spacial score (nSPS) is 10.9. The van der Waals surface area contributed by atoms with Crippen LogP contribution in [0.15, 0.2) is 35.1 Å². The number of nitrogens with one attached hydrogen (secondary N) is 1. The van der Waals surface area contributed by atoms with Gasteiger partial charge in [-0.25, -0.2) is 9.18 Å². The molecule has 134 valence electrons. The molecule has 1 heterocycles. The van der Waals surface area contributed by atoms with E-state index in [9.17, 15) is 19.1 Å². The summed E-state index contributed by atoms with van der Waals surface area (Å²) in [5.74, 6) is -0.499. The van der Waals surface area contributed by atoms with Gasteiger partial charge in [-0.1, -0.05) is 26.0 Å². The molecule has 0 radical (unpaired) electrons. The molecule has 1 amide bonds. The second kappa shape index (κ2) is 8.53. The molecule has 2 N–H and O–H groups in total. The predicted molar refractivity (Wildman–Crippen MR) is 91.6 cm³/mol. The predicted octanol–water partition coefficient (Wildman–Crippen LogP) is 1.74. The first-order valence-corrected chi connectivity index (χ1v) is 8.14. The molecule has 0 bridgehead atoms. The van der Waals surface area contributed by atoms with E-state index in [1.165, 1.54) is 17.0 Å². The van der Waals surface area contributed by atoms with E-state index in [2.05, 4.69) is 9.97 Å². The van der Waals surface area contributed by atoms with E-state index in [1.54, 1.807) is 18.2 Å². The van der Waals surface area contributed by atoms with Crippen molar-refractivity contribution >= 4 is 5.91 Å². The summed E-state index contributed by atoms with van der Waals surface area (Å²) in [5.41, 5.74) is 0.821. The Morgan fingerprint density at radius 3 is 2.60 bits per heavy atom. The molecule has 7 heteroatoms. The first kappa shape index (κ1) is 18.8. The van der Waals surface area contributed by atoms with Gasteiger partial charge < -0.3 is 15.0 Å². The van der Waals surface area contributed by atoms with Crippen LogP contribution in [0.4, 0.5) is 4.39 Å². The molecule has 6 nitrogen and oxygen atoms in total. The van der Waals surface area contributed by atoms with Crippen LogP contribution < -0.4 is 5.69 Å². The Bertz CT molecular complexity index is 772. The highest BCUT2D eigenvalue weighted by Crippen LogP contribution is 2.11. The van der Waals surface area contributed by atoms with Gasteiger partial charge in [0.2, 0.25) is 0 Å². The number of hydrogen-bond donors (Lipinski definition) is 2. The molecule has 1 aromatic carbocycles. The minimum Gasteiger partial charge on any atom is -0.395 e. The summed E-state index contributed by atoms with van der Waals surface area (Å²) in [4.78, 5) is 32.2. The number of aliphatic hydroxyl groups excluding tert-OH is 1. The number of carbonyl (C=O) groups is 1. The third kappa shape index (κ3) is 5.49. The summed E-state index contributed by atoms with van der Waals surface area (Å²) < 4.78 is 13.0. The van der Waals surface area contributed by atoms with Gasteiger partial charge in [-0.3, -0.25) is 4.79 Å². The highest BCUT2D eigenvalue weighted by atomic mass is 19.1. The molecule has 0 saturated carbocycles. The number of rotatable bonds is 7. The summed E-state index contributed by atoms with van der Waals surface area (Å²) in [6, 6.07) is 7.33. The van der Waals surface area contributed by atoms with Crippen LogP contribution in [0.25, 0.3) is 0 Å². The lowest BCUT2D eigenvalue weighted by atomic mass is 10.1. The number of H-pyrrole nitrogens is 1. The van der Waals surface area contributed by atoms with Gasteiger partial charge in [0, 0.05) is 18.8 Å². The highest BCUT2D eigenvalue weighted by molar-refractivity contribution is 5.92. The standard InChI is InChI=1S/C18H22FN3O3/c1-12(2)9-15-10-16(21-18(25)20-15)17(24)22(7-8-23)11-13-3-5-14(19)6-4-13/h3-6,10,12,23H,7-9,11H2,1-2H3,(H,20,21,25). The van der Waals surface area contributed by atoms with Crippen molar-refractivity contribution in [3.05, 3.63) is 63.6 Å². The van der Waals surface area contributed by atoms with Crippen LogP contribution in [0.3, 0.4) is 0 Å². The molecule has 0 fully saturated rings. The lowest BCUT2D eigenvalue weighted by Crippen LogP contribution is -2.35. The Morgan fingerprint density at radius 2 is 2.00 bits per heavy atom. The SMILES string of the molecule is CC(C)Cc1cc(C(=O)N(CCO)Cc2ccc(F)cc2)nc(=O)[nH]1. The van der Waals surface area contributed by atoms with Gasteiger partial charge in [0.05, 0.1) is 6.61 Å². The molecule has 0 atom stereocenters.